The van der Waals surface area contributed by atoms with Crippen molar-refractivity contribution in [1.29, 1.82) is 0 Å². The normalized spacial score (nSPS) is 14.5. The zero-order valence-corrected chi connectivity index (χ0v) is 17.4. The Balaban J connectivity index is 1.47. The lowest BCUT2D eigenvalue weighted by atomic mass is 9.90. The van der Waals surface area contributed by atoms with Gasteiger partial charge in [-0.2, -0.15) is 0 Å². The molecule has 1 heterocycles. The third-order valence-electron chi connectivity index (χ3n) is 5.67. The van der Waals surface area contributed by atoms with Crippen LogP contribution in [0.4, 0.5) is 4.79 Å². The minimum absolute atomic E-state index is 0.0463. The molecule has 1 fully saturated rings. The maximum absolute atomic E-state index is 12.4. The zero-order valence-electron chi connectivity index (χ0n) is 17.4. The molecule has 0 radical (unpaired) electrons. The summed E-state index contributed by atoms with van der Waals surface area (Å²) in [6.07, 6.45) is 3.04. The average molecular weight is 394 g/mol. The Hall–Kier alpha value is -2.82. The first-order chi connectivity index (χ1) is 14.1. The van der Waals surface area contributed by atoms with E-state index in [9.17, 15) is 9.59 Å². The second-order valence-corrected chi connectivity index (χ2v) is 7.78. The van der Waals surface area contributed by atoms with Gasteiger partial charge in [-0.25, -0.2) is 4.79 Å². The van der Waals surface area contributed by atoms with Crippen molar-refractivity contribution < 1.29 is 9.59 Å². The molecule has 0 bridgehead atoms. The number of benzene rings is 2. The van der Waals surface area contributed by atoms with Crippen LogP contribution in [0.5, 0.6) is 0 Å². The fourth-order valence-corrected chi connectivity index (χ4v) is 3.81. The Morgan fingerprint density at radius 1 is 1.00 bits per heavy atom. The van der Waals surface area contributed by atoms with Gasteiger partial charge in [-0.05, 0) is 67.9 Å². The van der Waals surface area contributed by atoms with Crippen LogP contribution in [0.3, 0.4) is 0 Å². The second kappa shape index (κ2) is 10.1. The molecule has 0 unspecified atom stereocenters. The molecule has 3 rings (SSSR count). The zero-order chi connectivity index (χ0) is 20.6. The first kappa shape index (κ1) is 20.9. The van der Waals surface area contributed by atoms with Gasteiger partial charge in [-0.3, -0.25) is 4.79 Å². The van der Waals surface area contributed by atoms with Crippen LogP contribution >= 0.6 is 0 Å². The van der Waals surface area contributed by atoms with E-state index in [0.29, 0.717) is 24.6 Å². The van der Waals surface area contributed by atoms with Gasteiger partial charge in [0.05, 0.1) is 0 Å². The van der Waals surface area contributed by atoms with Crippen LogP contribution in [-0.4, -0.2) is 36.5 Å². The number of hydrogen-bond donors (Lipinski definition) is 2. The molecule has 5 nitrogen and oxygen atoms in total. The minimum atomic E-state index is -0.0463. The molecule has 0 aliphatic carbocycles. The molecule has 2 aromatic rings. The molecular formula is C24H31N3O2. The van der Waals surface area contributed by atoms with Crippen LogP contribution < -0.4 is 10.6 Å². The topological polar surface area (TPSA) is 61.4 Å². The van der Waals surface area contributed by atoms with Crippen LogP contribution in [0.2, 0.25) is 0 Å². The first-order valence-electron chi connectivity index (χ1n) is 10.5. The molecule has 1 aliphatic heterocycles. The standard InChI is InChI=1S/C24H31N3O2/c1-3-25-24(29)27-14-12-20(13-15-27)16-19-8-10-21(11-9-19)23(28)26-17-22-7-5-4-6-18(22)2/h4-11,20H,3,12-17H2,1-2H3,(H,25,29)(H,26,28). The van der Waals surface area contributed by atoms with E-state index in [4.69, 9.17) is 0 Å². The molecule has 1 saturated heterocycles. The second-order valence-electron chi connectivity index (χ2n) is 7.78. The number of likely N-dealkylation sites (tertiary alicyclic amines) is 1. The van der Waals surface area contributed by atoms with Crippen molar-refractivity contribution in [2.45, 2.75) is 39.7 Å². The summed E-state index contributed by atoms with van der Waals surface area (Å²) in [6, 6.07) is 16.1. The Morgan fingerprint density at radius 3 is 2.34 bits per heavy atom. The monoisotopic (exact) mass is 393 g/mol. The molecule has 0 spiro atoms. The van der Waals surface area contributed by atoms with E-state index in [1.165, 1.54) is 11.1 Å². The summed E-state index contributed by atoms with van der Waals surface area (Å²) in [6.45, 7) is 6.83. The van der Waals surface area contributed by atoms with Gasteiger partial charge in [-0.15, -0.1) is 0 Å². The highest BCUT2D eigenvalue weighted by Crippen LogP contribution is 2.22. The number of aryl methyl sites for hydroxylation is 1. The number of nitrogens with zero attached hydrogens (tertiary/aromatic N) is 1. The lowest BCUT2D eigenvalue weighted by molar-refractivity contribution is 0.0951. The van der Waals surface area contributed by atoms with Crippen LogP contribution in [-0.2, 0) is 13.0 Å². The van der Waals surface area contributed by atoms with Gasteiger partial charge in [0.25, 0.3) is 5.91 Å². The number of rotatable bonds is 6. The molecule has 1 aliphatic rings. The van der Waals surface area contributed by atoms with E-state index in [1.54, 1.807) is 0 Å². The fourth-order valence-electron chi connectivity index (χ4n) is 3.81. The highest BCUT2D eigenvalue weighted by molar-refractivity contribution is 5.94. The number of nitrogens with one attached hydrogen (secondary N) is 2. The number of piperidine rings is 1. The largest absolute Gasteiger partial charge is 0.348 e. The Kier molecular flexibility index (Phi) is 7.28. The molecule has 2 N–H and O–H groups in total. The van der Waals surface area contributed by atoms with Gasteiger partial charge < -0.3 is 15.5 Å². The lowest BCUT2D eigenvalue weighted by Crippen LogP contribution is -2.44. The predicted octanol–water partition coefficient (Wildman–Crippen LogP) is 3.91. The third kappa shape index (κ3) is 5.83. The van der Waals surface area contributed by atoms with Crippen molar-refractivity contribution >= 4 is 11.9 Å². The molecule has 0 saturated carbocycles. The van der Waals surface area contributed by atoms with Gasteiger partial charge in [0.1, 0.15) is 0 Å². The highest BCUT2D eigenvalue weighted by Gasteiger charge is 2.22. The number of carbonyl (C=O) groups is 2. The summed E-state index contributed by atoms with van der Waals surface area (Å²) in [5.41, 5.74) is 4.25. The quantitative estimate of drug-likeness (QED) is 0.782. The van der Waals surface area contributed by atoms with Crippen molar-refractivity contribution in [2.24, 2.45) is 5.92 Å². The molecule has 29 heavy (non-hydrogen) atoms. The van der Waals surface area contributed by atoms with E-state index in [-0.39, 0.29) is 11.9 Å². The molecule has 3 amide bonds. The van der Waals surface area contributed by atoms with Gasteiger partial charge in [-0.1, -0.05) is 36.4 Å². The van der Waals surface area contributed by atoms with Gasteiger partial charge in [0, 0.05) is 31.7 Å². The predicted molar refractivity (Wildman–Crippen MR) is 116 cm³/mol. The van der Waals surface area contributed by atoms with Crippen LogP contribution in [0.15, 0.2) is 48.5 Å². The molecule has 0 atom stereocenters. The minimum Gasteiger partial charge on any atom is -0.348 e. The summed E-state index contributed by atoms with van der Waals surface area (Å²) in [4.78, 5) is 26.2. The molecular weight excluding hydrogens is 362 g/mol. The van der Waals surface area contributed by atoms with Gasteiger partial charge >= 0.3 is 6.03 Å². The third-order valence-corrected chi connectivity index (χ3v) is 5.67. The number of carbonyl (C=O) groups excluding carboxylic acids is 2. The summed E-state index contributed by atoms with van der Waals surface area (Å²) < 4.78 is 0. The van der Waals surface area contributed by atoms with Gasteiger partial charge in [0.2, 0.25) is 0 Å². The maximum Gasteiger partial charge on any atom is 0.317 e. The summed E-state index contributed by atoms with van der Waals surface area (Å²) in [5.74, 6) is 0.538. The van der Waals surface area contributed by atoms with Crippen LogP contribution in [0, 0.1) is 12.8 Å². The molecule has 5 heteroatoms. The summed E-state index contributed by atoms with van der Waals surface area (Å²) >= 11 is 0. The SMILES string of the molecule is CCNC(=O)N1CCC(Cc2ccc(C(=O)NCc3ccccc3C)cc2)CC1. The van der Waals surface area contributed by atoms with E-state index < -0.39 is 0 Å². The van der Waals surface area contributed by atoms with E-state index in [0.717, 1.165) is 37.9 Å². The van der Waals surface area contributed by atoms with Crippen molar-refractivity contribution in [3.63, 3.8) is 0 Å². The lowest BCUT2D eigenvalue weighted by Gasteiger charge is -2.32. The smallest absolute Gasteiger partial charge is 0.317 e. The molecule has 0 aromatic heterocycles. The number of amides is 3. The Labute approximate surface area is 173 Å². The van der Waals surface area contributed by atoms with E-state index in [1.807, 2.05) is 42.2 Å². The summed E-state index contributed by atoms with van der Waals surface area (Å²) in [7, 11) is 0. The molecule has 154 valence electrons. The van der Waals surface area contributed by atoms with Crippen molar-refractivity contribution in [3.05, 3.63) is 70.8 Å². The van der Waals surface area contributed by atoms with Crippen LogP contribution in [0.1, 0.15) is 46.8 Å². The summed E-state index contributed by atoms with van der Waals surface area (Å²) in [5, 5.41) is 5.87. The van der Waals surface area contributed by atoms with Gasteiger partial charge in [0.15, 0.2) is 0 Å². The highest BCUT2D eigenvalue weighted by atomic mass is 16.2. The van der Waals surface area contributed by atoms with Crippen LogP contribution in [0.25, 0.3) is 0 Å². The van der Waals surface area contributed by atoms with Crippen molar-refractivity contribution in [1.82, 2.24) is 15.5 Å². The first-order valence-corrected chi connectivity index (χ1v) is 10.5. The number of urea groups is 1. The Morgan fingerprint density at radius 2 is 1.69 bits per heavy atom. The van der Waals surface area contributed by atoms with E-state index >= 15 is 0 Å². The fraction of sp³-hybridized carbons (Fsp3) is 0.417. The van der Waals surface area contributed by atoms with Crippen molar-refractivity contribution in [3.8, 4) is 0 Å². The Bertz CT molecular complexity index is 824. The maximum atomic E-state index is 12.4. The number of hydrogen-bond acceptors (Lipinski definition) is 2. The molecule has 2 aromatic carbocycles. The van der Waals surface area contributed by atoms with E-state index in [2.05, 4.69) is 35.8 Å². The van der Waals surface area contributed by atoms with Crippen molar-refractivity contribution in [2.75, 3.05) is 19.6 Å². The average Bonchev–Trinajstić information content (AvgIpc) is 2.74.